The van der Waals surface area contributed by atoms with E-state index in [4.69, 9.17) is 15.3 Å². The summed E-state index contributed by atoms with van der Waals surface area (Å²) in [6.45, 7) is 10.2. The van der Waals surface area contributed by atoms with Crippen LogP contribution >= 0.6 is 0 Å². The van der Waals surface area contributed by atoms with Crippen LogP contribution in [-0.4, -0.2) is 88.7 Å². The number of aromatic nitrogens is 1. The number of pyridine rings is 1. The molecule has 1 atom stereocenters. The van der Waals surface area contributed by atoms with Crippen LogP contribution in [0.5, 0.6) is 0 Å². The molecule has 1 rings (SSSR count). The van der Waals surface area contributed by atoms with E-state index < -0.39 is 22.5 Å². The highest BCUT2D eigenvalue weighted by atomic mass is 32.2. The number of likely N-dealkylation sites (N-methyl/N-ethyl adjacent to an activating group) is 2. The van der Waals surface area contributed by atoms with Gasteiger partial charge >= 0.3 is 6.09 Å². The van der Waals surface area contributed by atoms with Crippen LogP contribution in [0, 0.1) is 0 Å². The van der Waals surface area contributed by atoms with E-state index in [-0.39, 0.29) is 12.3 Å². The van der Waals surface area contributed by atoms with E-state index in [1.807, 2.05) is 27.7 Å². The second kappa shape index (κ2) is 15.9. The summed E-state index contributed by atoms with van der Waals surface area (Å²) >= 11 is 0. The van der Waals surface area contributed by atoms with Crippen molar-refractivity contribution in [2.24, 2.45) is 5.84 Å². The van der Waals surface area contributed by atoms with Gasteiger partial charge in [-0.3, -0.25) is 19.0 Å². The van der Waals surface area contributed by atoms with Crippen LogP contribution in [-0.2, 0) is 25.1 Å². The van der Waals surface area contributed by atoms with Gasteiger partial charge in [-0.1, -0.05) is 0 Å². The third-order valence-electron chi connectivity index (χ3n) is 5.54. The molecule has 0 aromatic carbocycles. The normalized spacial score (nSPS) is 13.4. The molecule has 0 fully saturated rings. The van der Waals surface area contributed by atoms with E-state index in [9.17, 15) is 13.8 Å². The zero-order valence-corrected chi connectivity index (χ0v) is 25.4. The van der Waals surface area contributed by atoms with Crippen LogP contribution in [0.1, 0.15) is 46.7 Å². The molecule has 0 aliphatic rings. The minimum atomic E-state index is -1.22. The van der Waals surface area contributed by atoms with Crippen molar-refractivity contribution in [1.29, 1.82) is 0 Å². The van der Waals surface area contributed by atoms with Gasteiger partial charge in [0, 0.05) is 74.0 Å². The van der Waals surface area contributed by atoms with E-state index in [2.05, 4.69) is 10.3 Å². The molecule has 0 radical (unpaired) electrons. The predicted molar refractivity (Wildman–Crippen MR) is 154 cm³/mol. The van der Waals surface area contributed by atoms with E-state index in [1.54, 1.807) is 80.7 Å². The maximum atomic E-state index is 13.0. The van der Waals surface area contributed by atoms with Crippen molar-refractivity contribution in [2.75, 3.05) is 47.1 Å². The number of ether oxygens (including phenoxy) is 2. The molecule has 1 heterocycles. The second-order valence-electron chi connectivity index (χ2n) is 9.66. The van der Waals surface area contributed by atoms with Crippen molar-refractivity contribution in [1.82, 2.24) is 25.1 Å². The van der Waals surface area contributed by atoms with Crippen molar-refractivity contribution in [2.45, 2.75) is 51.5 Å². The molecule has 0 bridgehead atoms. The standard InChI is InChI=1S/C27H44N6O5S/c1-10-32(26(35)38-27(3,4)5)18-17-31(7)25(34)14-12-23(22-19-21(39(9)36)15-16-30-22)33(28)20(2)11-13-24(29-6)37-8/h11-13,15-16,19,29H,10,14,17-18,28H2,1-9H3/b20-11+,23-12-,24-13+. The minimum Gasteiger partial charge on any atom is -0.483 e. The number of rotatable bonds is 13. The number of carbonyl (C=O) groups excluding carboxylic acids is 2. The minimum absolute atomic E-state index is 0.0299. The van der Waals surface area contributed by atoms with Crippen molar-refractivity contribution in [3.8, 4) is 0 Å². The lowest BCUT2D eigenvalue weighted by Crippen LogP contribution is -2.41. The number of nitrogens with zero attached hydrogens (tertiary/aromatic N) is 4. The second-order valence-corrected chi connectivity index (χ2v) is 11.0. The highest BCUT2D eigenvalue weighted by molar-refractivity contribution is 7.84. The maximum absolute atomic E-state index is 13.0. The third kappa shape index (κ3) is 11.5. The molecule has 39 heavy (non-hydrogen) atoms. The van der Waals surface area contributed by atoms with Crippen molar-refractivity contribution < 1.29 is 23.3 Å². The summed E-state index contributed by atoms with van der Waals surface area (Å²) in [7, 11) is 3.74. The molecule has 2 amide bonds. The predicted octanol–water partition coefficient (Wildman–Crippen LogP) is 3.05. The number of hydrazine groups is 1. The molecule has 0 spiro atoms. The van der Waals surface area contributed by atoms with E-state index in [0.717, 1.165) is 0 Å². The van der Waals surface area contributed by atoms with Gasteiger partial charge in [0.1, 0.15) is 5.60 Å². The Labute approximate surface area is 235 Å². The maximum Gasteiger partial charge on any atom is 0.410 e. The first-order valence-corrected chi connectivity index (χ1v) is 14.2. The summed E-state index contributed by atoms with van der Waals surface area (Å²) in [5, 5.41) is 4.33. The molecule has 0 saturated heterocycles. The van der Waals surface area contributed by atoms with Gasteiger partial charge in [-0.2, -0.15) is 0 Å². The third-order valence-corrected chi connectivity index (χ3v) is 6.46. The van der Waals surface area contributed by atoms with Gasteiger partial charge in [0.2, 0.25) is 5.91 Å². The van der Waals surface area contributed by atoms with Crippen LogP contribution in [0.15, 0.2) is 53.0 Å². The Balaban J connectivity index is 3.16. The zero-order valence-electron chi connectivity index (χ0n) is 24.6. The van der Waals surface area contributed by atoms with Gasteiger partial charge in [0.05, 0.1) is 18.5 Å². The molecule has 1 aromatic rings. The average Bonchev–Trinajstić information content (AvgIpc) is 2.88. The number of amides is 2. The summed E-state index contributed by atoms with van der Waals surface area (Å²) in [6, 6.07) is 3.36. The first-order valence-electron chi connectivity index (χ1n) is 12.6. The number of allylic oxidation sites excluding steroid dienone is 3. The van der Waals surface area contributed by atoms with Gasteiger partial charge in [0.15, 0.2) is 5.88 Å². The number of hydrogen-bond acceptors (Lipinski definition) is 9. The van der Waals surface area contributed by atoms with Gasteiger partial charge in [-0.25, -0.2) is 10.6 Å². The molecule has 0 saturated carbocycles. The smallest absolute Gasteiger partial charge is 0.410 e. The molecule has 0 aliphatic heterocycles. The highest BCUT2D eigenvalue weighted by Gasteiger charge is 2.22. The topological polar surface area (TPSA) is 130 Å². The first-order chi connectivity index (χ1) is 18.2. The number of nitrogens with one attached hydrogen (secondary N) is 1. The fourth-order valence-electron chi connectivity index (χ4n) is 3.22. The number of nitrogens with two attached hydrogens (primary N) is 1. The average molecular weight is 565 g/mol. The van der Waals surface area contributed by atoms with Gasteiger partial charge in [0.25, 0.3) is 0 Å². The molecule has 218 valence electrons. The summed E-state index contributed by atoms with van der Waals surface area (Å²) in [5.74, 6) is 6.83. The van der Waals surface area contributed by atoms with E-state index in [0.29, 0.717) is 47.5 Å². The zero-order chi connectivity index (χ0) is 29.8. The van der Waals surface area contributed by atoms with Crippen molar-refractivity contribution in [3.63, 3.8) is 0 Å². The fourth-order valence-corrected chi connectivity index (χ4v) is 3.75. The lowest BCUT2D eigenvalue weighted by Gasteiger charge is -2.28. The van der Waals surface area contributed by atoms with Crippen LogP contribution in [0.25, 0.3) is 5.70 Å². The monoisotopic (exact) mass is 564 g/mol. The van der Waals surface area contributed by atoms with E-state index in [1.165, 1.54) is 5.01 Å². The Morgan fingerprint density at radius 2 is 1.90 bits per heavy atom. The van der Waals surface area contributed by atoms with Crippen LogP contribution < -0.4 is 11.2 Å². The molecular formula is C27H44N6O5S. The van der Waals surface area contributed by atoms with Crippen LogP contribution in [0.2, 0.25) is 0 Å². The highest BCUT2D eigenvalue weighted by Crippen LogP contribution is 2.21. The van der Waals surface area contributed by atoms with Crippen LogP contribution in [0.4, 0.5) is 4.79 Å². The number of hydrogen-bond donors (Lipinski definition) is 2. The molecule has 0 aliphatic carbocycles. The fraction of sp³-hybridized carbons (Fsp3) is 0.519. The molecule has 11 nitrogen and oxygen atoms in total. The van der Waals surface area contributed by atoms with Gasteiger partial charge < -0.3 is 24.6 Å². The molecule has 3 N–H and O–H groups in total. The largest absolute Gasteiger partial charge is 0.483 e. The number of carbonyl (C=O) groups is 2. The van der Waals surface area contributed by atoms with Crippen LogP contribution in [0.3, 0.4) is 0 Å². The summed E-state index contributed by atoms with van der Waals surface area (Å²) < 4.78 is 22.7. The Morgan fingerprint density at radius 1 is 1.23 bits per heavy atom. The SMILES string of the molecule is CCN(CCN(C)C(=O)C/C=C(/c1cc(S(C)=O)ccn1)N(N)/C(C)=C/C=C(\NC)OC)C(=O)OC(C)(C)C. The van der Waals surface area contributed by atoms with E-state index >= 15 is 0 Å². The number of methoxy groups -OCH3 is 1. The summed E-state index contributed by atoms with van der Waals surface area (Å²) in [6.07, 6.45) is 7.92. The molecule has 12 heteroatoms. The van der Waals surface area contributed by atoms with Crippen molar-refractivity contribution in [3.05, 3.63) is 53.8 Å². The molecule has 1 aromatic heterocycles. The molecular weight excluding hydrogens is 520 g/mol. The Bertz CT molecular complexity index is 1090. The lowest BCUT2D eigenvalue weighted by molar-refractivity contribution is -0.129. The quantitative estimate of drug-likeness (QED) is 0.161. The lowest BCUT2D eigenvalue weighted by atomic mass is 10.2. The Morgan fingerprint density at radius 3 is 2.44 bits per heavy atom. The van der Waals surface area contributed by atoms with Gasteiger partial charge in [-0.15, -0.1) is 0 Å². The summed E-state index contributed by atoms with van der Waals surface area (Å²) in [5.41, 5.74) is 0.990. The summed E-state index contributed by atoms with van der Waals surface area (Å²) in [4.78, 5) is 33.5. The Hall–Kier alpha value is -3.38. The van der Waals surface area contributed by atoms with Gasteiger partial charge in [-0.05, 0) is 65.0 Å². The molecule has 1 unspecified atom stereocenters. The van der Waals surface area contributed by atoms with Crippen molar-refractivity contribution >= 4 is 28.5 Å². The Kier molecular flexibility index (Phi) is 13.7. The first kappa shape index (κ1) is 33.6.